The Morgan fingerprint density at radius 2 is 1.91 bits per heavy atom. The highest BCUT2D eigenvalue weighted by atomic mass is 16.5. The van der Waals surface area contributed by atoms with Crippen LogP contribution in [-0.4, -0.2) is 17.7 Å². The fourth-order valence-electron chi connectivity index (χ4n) is 2.48. The van der Waals surface area contributed by atoms with Crippen molar-refractivity contribution in [3.05, 3.63) is 76.8 Å². The maximum Gasteiger partial charge on any atom is 0.128 e. The van der Waals surface area contributed by atoms with Crippen molar-refractivity contribution in [2.75, 3.05) is 13.2 Å². The molecule has 0 radical (unpaired) electrons. The van der Waals surface area contributed by atoms with Crippen molar-refractivity contribution in [1.82, 2.24) is 4.57 Å². The first-order valence-electron chi connectivity index (χ1n) is 7.14. The number of fused-ring (bicyclic) bond motifs is 1. The smallest absolute Gasteiger partial charge is 0.128 e. The zero-order chi connectivity index (χ0) is 15.2. The van der Waals surface area contributed by atoms with Crippen LogP contribution in [0.5, 0.6) is 5.75 Å². The van der Waals surface area contributed by atoms with E-state index in [-0.39, 0.29) is 0 Å². The van der Waals surface area contributed by atoms with E-state index in [1.54, 1.807) is 0 Å². The summed E-state index contributed by atoms with van der Waals surface area (Å²) in [4.78, 5) is 2.72. The predicted octanol–water partition coefficient (Wildman–Crippen LogP) is 4.38. The van der Waals surface area contributed by atoms with Crippen LogP contribution in [0.3, 0.4) is 0 Å². The molecule has 22 heavy (non-hydrogen) atoms. The quantitative estimate of drug-likeness (QED) is 0.288. The molecule has 0 aliphatic rings. The minimum Gasteiger partial charge on any atom is -0.493 e. The number of azide groups is 1. The van der Waals surface area contributed by atoms with Gasteiger partial charge in [-0.2, -0.15) is 0 Å². The van der Waals surface area contributed by atoms with Gasteiger partial charge < -0.3 is 9.30 Å². The van der Waals surface area contributed by atoms with Gasteiger partial charge >= 0.3 is 0 Å². The number of rotatable bonds is 6. The lowest BCUT2D eigenvalue weighted by atomic mass is 10.2. The van der Waals surface area contributed by atoms with Gasteiger partial charge in [-0.3, -0.25) is 0 Å². The first-order chi connectivity index (χ1) is 10.9. The summed E-state index contributed by atoms with van der Waals surface area (Å²) in [6, 6.07) is 18.4. The molecule has 2 aromatic carbocycles. The topological polar surface area (TPSA) is 62.9 Å². The number of hydrogen-bond acceptors (Lipinski definition) is 2. The molecule has 0 amide bonds. The van der Waals surface area contributed by atoms with Gasteiger partial charge in [0.15, 0.2) is 0 Å². The van der Waals surface area contributed by atoms with Crippen molar-refractivity contribution in [2.24, 2.45) is 5.11 Å². The number of ether oxygens (including phenoxy) is 1. The summed E-state index contributed by atoms with van der Waals surface area (Å²) in [5, 5.41) is 4.55. The second-order valence-electron chi connectivity index (χ2n) is 4.92. The number of aromatic nitrogens is 1. The fourth-order valence-corrected chi connectivity index (χ4v) is 2.48. The van der Waals surface area contributed by atoms with Crippen LogP contribution < -0.4 is 4.74 Å². The van der Waals surface area contributed by atoms with E-state index in [1.165, 1.54) is 5.56 Å². The van der Waals surface area contributed by atoms with Gasteiger partial charge in [-0.25, -0.2) is 0 Å². The second-order valence-corrected chi connectivity index (χ2v) is 4.92. The third kappa shape index (κ3) is 3.05. The van der Waals surface area contributed by atoms with Gasteiger partial charge in [0, 0.05) is 23.0 Å². The van der Waals surface area contributed by atoms with E-state index < -0.39 is 0 Å². The molecule has 3 rings (SSSR count). The van der Waals surface area contributed by atoms with Crippen LogP contribution in [0, 0.1) is 0 Å². The Hall–Kier alpha value is -2.91. The second kappa shape index (κ2) is 6.70. The molecule has 0 aliphatic heterocycles. The Bertz CT molecular complexity index is 804. The van der Waals surface area contributed by atoms with Crippen molar-refractivity contribution < 1.29 is 4.74 Å². The Morgan fingerprint density at radius 3 is 2.73 bits per heavy atom. The van der Waals surface area contributed by atoms with Gasteiger partial charge in [0.1, 0.15) is 5.75 Å². The van der Waals surface area contributed by atoms with Crippen molar-refractivity contribution in [3.8, 4) is 5.75 Å². The van der Waals surface area contributed by atoms with E-state index in [0.29, 0.717) is 13.2 Å². The third-order valence-electron chi connectivity index (χ3n) is 3.48. The van der Waals surface area contributed by atoms with E-state index in [0.717, 1.165) is 23.2 Å². The average Bonchev–Trinajstić information content (AvgIpc) is 2.96. The predicted molar refractivity (Wildman–Crippen MR) is 87.0 cm³/mol. The van der Waals surface area contributed by atoms with E-state index in [1.807, 2.05) is 30.3 Å². The van der Waals surface area contributed by atoms with Crippen molar-refractivity contribution in [2.45, 2.75) is 6.54 Å². The molecule has 0 fully saturated rings. The van der Waals surface area contributed by atoms with Crippen molar-refractivity contribution in [1.29, 1.82) is 0 Å². The summed E-state index contributed by atoms with van der Waals surface area (Å²) in [5.74, 6) is 0.817. The highest BCUT2D eigenvalue weighted by molar-refractivity contribution is 5.86. The summed E-state index contributed by atoms with van der Waals surface area (Å²) < 4.78 is 7.91. The number of benzene rings is 2. The summed E-state index contributed by atoms with van der Waals surface area (Å²) in [5.41, 5.74) is 10.7. The molecule has 0 bridgehead atoms. The molecule has 3 aromatic rings. The third-order valence-corrected chi connectivity index (χ3v) is 3.48. The van der Waals surface area contributed by atoms with Gasteiger partial charge in [0.2, 0.25) is 0 Å². The minimum atomic E-state index is 0.331. The molecule has 1 heterocycles. The minimum absolute atomic E-state index is 0.331. The first kappa shape index (κ1) is 14.0. The summed E-state index contributed by atoms with van der Waals surface area (Å²) in [6.45, 7) is 1.54. The Kier molecular flexibility index (Phi) is 4.27. The molecule has 0 N–H and O–H groups in total. The Balaban J connectivity index is 1.83. The van der Waals surface area contributed by atoms with Gasteiger partial charge in [-0.15, -0.1) is 0 Å². The zero-order valence-corrected chi connectivity index (χ0v) is 12.1. The van der Waals surface area contributed by atoms with Crippen molar-refractivity contribution >= 4 is 10.9 Å². The first-order valence-corrected chi connectivity index (χ1v) is 7.14. The van der Waals surface area contributed by atoms with Gasteiger partial charge in [-0.05, 0) is 29.3 Å². The van der Waals surface area contributed by atoms with E-state index in [2.05, 4.69) is 45.1 Å². The molecular weight excluding hydrogens is 276 g/mol. The lowest BCUT2D eigenvalue weighted by molar-refractivity contribution is 0.332. The van der Waals surface area contributed by atoms with Crippen LogP contribution in [0.4, 0.5) is 0 Å². The molecule has 0 spiro atoms. The monoisotopic (exact) mass is 292 g/mol. The molecule has 0 saturated heterocycles. The molecule has 0 unspecified atom stereocenters. The van der Waals surface area contributed by atoms with Crippen molar-refractivity contribution in [3.63, 3.8) is 0 Å². The maximum absolute atomic E-state index is 8.28. The Morgan fingerprint density at radius 1 is 1.05 bits per heavy atom. The van der Waals surface area contributed by atoms with Crippen LogP contribution in [0.1, 0.15) is 5.56 Å². The summed E-state index contributed by atoms with van der Waals surface area (Å²) in [7, 11) is 0. The molecular formula is C17H16N4O. The average molecular weight is 292 g/mol. The SMILES string of the molecule is [N-]=[N+]=NCCOc1cccc2c1ccn2Cc1ccccc1. The maximum atomic E-state index is 8.28. The number of hydrogen-bond donors (Lipinski definition) is 0. The highest BCUT2D eigenvalue weighted by Gasteiger charge is 2.06. The fraction of sp³-hybridized carbons (Fsp3) is 0.176. The standard InChI is InChI=1S/C17H16N4O/c18-20-19-10-12-22-17-8-4-7-16-15(17)9-11-21(16)13-14-5-2-1-3-6-14/h1-9,11H,10,12-13H2. The van der Waals surface area contributed by atoms with E-state index in [4.69, 9.17) is 10.3 Å². The molecule has 5 heteroatoms. The molecule has 1 aromatic heterocycles. The van der Waals surface area contributed by atoms with Gasteiger partial charge in [0.25, 0.3) is 0 Å². The summed E-state index contributed by atoms with van der Waals surface area (Å²) in [6.07, 6.45) is 2.07. The van der Waals surface area contributed by atoms with E-state index >= 15 is 0 Å². The van der Waals surface area contributed by atoms with Crippen LogP contribution in [-0.2, 0) is 6.54 Å². The number of nitrogens with zero attached hydrogens (tertiary/aromatic N) is 4. The normalized spacial score (nSPS) is 10.4. The van der Waals surface area contributed by atoms with Crippen LogP contribution in [0.25, 0.3) is 21.3 Å². The molecule has 0 atom stereocenters. The Labute approximate surface area is 128 Å². The highest BCUT2D eigenvalue weighted by Crippen LogP contribution is 2.27. The lowest BCUT2D eigenvalue weighted by Gasteiger charge is -2.08. The molecule has 0 aliphatic carbocycles. The zero-order valence-electron chi connectivity index (χ0n) is 12.1. The van der Waals surface area contributed by atoms with Crippen LogP contribution in [0.2, 0.25) is 0 Å². The summed E-state index contributed by atoms with van der Waals surface area (Å²) >= 11 is 0. The van der Waals surface area contributed by atoms with Gasteiger partial charge in [0.05, 0.1) is 18.7 Å². The van der Waals surface area contributed by atoms with E-state index in [9.17, 15) is 0 Å². The molecule has 5 nitrogen and oxygen atoms in total. The molecule has 110 valence electrons. The lowest BCUT2D eigenvalue weighted by Crippen LogP contribution is -2.01. The van der Waals surface area contributed by atoms with Crippen LogP contribution >= 0.6 is 0 Å². The van der Waals surface area contributed by atoms with Gasteiger partial charge in [-0.1, -0.05) is 41.5 Å². The van der Waals surface area contributed by atoms with Crippen LogP contribution in [0.15, 0.2) is 65.9 Å². The largest absolute Gasteiger partial charge is 0.493 e. The molecule has 0 saturated carbocycles.